The molecule has 1 unspecified atom stereocenters. The molecule has 13 heavy (non-hydrogen) atoms. The van der Waals surface area contributed by atoms with Crippen LogP contribution in [0.15, 0.2) is 0 Å². The molecule has 2 aliphatic rings. The second-order valence-corrected chi connectivity index (χ2v) is 4.92. The Kier molecular flexibility index (Phi) is 2.84. The quantitative estimate of drug-likeness (QED) is 0.695. The van der Waals surface area contributed by atoms with Crippen molar-refractivity contribution < 1.29 is 0 Å². The molecule has 2 N–H and O–H groups in total. The Morgan fingerprint density at radius 2 is 2.15 bits per heavy atom. The Labute approximate surface area is 85.5 Å². The Morgan fingerprint density at radius 1 is 1.38 bits per heavy atom. The number of likely N-dealkylation sites (tertiary alicyclic amines) is 1. The second-order valence-electron chi connectivity index (χ2n) is 4.44. The van der Waals surface area contributed by atoms with Gasteiger partial charge in [-0.3, -0.25) is 0 Å². The van der Waals surface area contributed by atoms with Gasteiger partial charge in [0.2, 0.25) is 0 Å². The van der Waals surface area contributed by atoms with Crippen LogP contribution in [0.3, 0.4) is 0 Å². The zero-order valence-corrected chi connectivity index (χ0v) is 8.85. The van der Waals surface area contributed by atoms with Crippen molar-refractivity contribution in [2.24, 2.45) is 17.6 Å². The summed E-state index contributed by atoms with van der Waals surface area (Å²) in [6.45, 7) is 3.67. The van der Waals surface area contributed by atoms with Gasteiger partial charge in [-0.2, -0.15) is 0 Å². The van der Waals surface area contributed by atoms with Gasteiger partial charge in [0.05, 0.1) is 4.99 Å². The third kappa shape index (κ3) is 2.64. The van der Waals surface area contributed by atoms with Crippen molar-refractivity contribution in [1.29, 1.82) is 0 Å². The molecule has 0 bridgehead atoms. The maximum atomic E-state index is 5.68. The number of nitrogens with two attached hydrogens (primary N) is 1. The van der Waals surface area contributed by atoms with Crippen molar-refractivity contribution in [3.8, 4) is 0 Å². The average Bonchev–Trinajstić information content (AvgIpc) is 2.89. The molecule has 0 amide bonds. The van der Waals surface area contributed by atoms with E-state index in [4.69, 9.17) is 18.0 Å². The van der Waals surface area contributed by atoms with Crippen LogP contribution in [0.2, 0.25) is 0 Å². The number of hydrogen-bond acceptors (Lipinski definition) is 2. The molecule has 2 nitrogen and oxygen atoms in total. The minimum atomic E-state index is 0.488. The van der Waals surface area contributed by atoms with E-state index in [2.05, 4.69) is 4.90 Å². The average molecular weight is 198 g/mol. The Morgan fingerprint density at radius 3 is 2.77 bits per heavy atom. The first kappa shape index (κ1) is 9.41. The van der Waals surface area contributed by atoms with Crippen LogP contribution in [-0.2, 0) is 0 Å². The van der Waals surface area contributed by atoms with E-state index in [0.717, 1.165) is 17.5 Å². The molecule has 0 aromatic heterocycles. The Hall–Kier alpha value is -0.150. The number of nitrogens with zero attached hydrogens (tertiary/aromatic N) is 1. The van der Waals surface area contributed by atoms with Crippen molar-refractivity contribution in [3.05, 3.63) is 0 Å². The first-order chi connectivity index (χ1) is 6.25. The fourth-order valence-electron chi connectivity index (χ4n) is 2.12. The summed E-state index contributed by atoms with van der Waals surface area (Å²) in [5, 5.41) is 0. The first-order valence-electron chi connectivity index (χ1n) is 5.27. The number of piperidine rings is 1. The molecular weight excluding hydrogens is 180 g/mol. The molecular formula is C10H18N2S. The molecule has 1 heterocycles. The summed E-state index contributed by atoms with van der Waals surface area (Å²) >= 11 is 5.05. The summed E-state index contributed by atoms with van der Waals surface area (Å²) < 4.78 is 0. The topological polar surface area (TPSA) is 29.3 Å². The zero-order chi connectivity index (χ0) is 9.26. The van der Waals surface area contributed by atoms with Crippen LogP contribution in [0, 0.1) is 11.8 Å². The number of hydrogen-bond donors (Lipinski definition) is 1. The SMILES string of the molecule is NC(=S)C1CCCN(CC2CC2)C1. The third-order valence-electron chi connectivity index (χ3n) is 3.12. The predicted molar refractivity (Wildman–Crippen MR) is 58.7 cm³/mol. The van der Waals surface area contributed by atoms with E-state index in [9.17, 15) is 0 Å². The summed E-state index contributed by atoms with van der Waals surface area (Å²) in [6.07, 6.45) is 5.35. The molecule has 1 aliphatic carbocycles. The molecule has 1 atom stereocenters. The highest BCUT2D eigenvalue weighted by molar-refractivity contribution is 7.80. The maximum Gasteiger partial charge on any atom is 0.0771 e. The second kappa shape index (κ2) is 3.93. The highest BCUT2D eigenvalue weighted by atomic mass is 32.1. The minimum absolute atomic E-state index is 0.488. The molecule has 1 saturated carbocycles. The van der Waals surface area contributed by atoms with E-state index in [1.165, 1.54) is 38.8 Å². The molecule has 1 saturated heterocycles. The summed E-state index contributed by atoms with van der Waals surface area (Å²) in [7, 11) is 0. The molecule has 3 heteroatoms. The lowest BCUT2D eigenvalue weighted by molar-refractivity contribution is 0.197. The molecule has 1 aliphatic heterocycles. The molecule has 0 aromatic rings. The monoisotopic (exact) mass is 198 g/mol. The van der Waals surface area contributed by atoms with Crippen molar-refractivity contribution in [3.63, 3.8) is 0 Å². The van der Waals surface area contributed by atoms with Gasteiger partial charge in [-0.25, -0.2) is 0 Å². The van der Waals surface area contributed by atoms with Crippen molar-refractivity contribution in [2.75, 3.05) is 19.6 Å². The van der Waals surface area contributed by atoms with Crippen LogP contribution < -0.4 is 5.73 Å². The van der Waals surface area contributed by atoms with Gasteiger partial charge in [0.1, 0.15) is 0 Å². The molecule has 2 rings (SSSR count). The van der Waals surface area contributed by atoms with Crippen molar-refractivity contribution in [1.82, 2.24) is 4.90 Å². The maximum absolute atomic E-state index is 5.68. The summed E-state index contributed by atoms with van der Waals surface area (Å²) in [4.78, 5) is 3.27. The highest BCUT2D eigenvalue weighted by Crippen LogP contribution is 2.31. The number of thiocarbonyl (C=S) groups is 1. The lowest BCUT2D eigenvalue weighted by Gasteiger charge is -2.32. The van der Waals surface area contributed by atoms with Crippen LogP contribution in [0.5, 0.6) is 0 Å². The summed E-state index contributed by atoms with van der Waals surface area (Å²) in [6, 6.07) is 0. The van der Waals surface area contributed by atoms with E-state index in [-0.39, 0.29) is 0 Å². The molecule has 0 radical (unpaired) electrons. The minimum Gasteiger partial charge on any atom is -0.393 e. The van der Waals surface area contributed by atoms with Crippen LogP contribution in [0.25, 0.3) is 0 Å². The lowest BCUT2D eigenvalue weighted by Crippen LogP contribution is -2.41. The van der Waals surface area contributed by atoms with E-state index in [1.807, 2.05) is 0 Å². The number of rotatable bonds is 3. The predicted octanol–water partition coefficient (Wildman–Crippen LogP) is 1.39. The van der Waals surface area contributed by atoms with Gasteiger partial charge in [0.25, 0.3) is 0 Å². The fourth-order valence-corrected chi connectivity index (χ4v) is 2.31. The van der Waals surface area contributed by atoms with Crippen LogP contribution in [0.1, 0.15) is 25.7 Å². The van der Waals surface area contributed by atoms with Crippen LogP contribution >= 0.6 is 12.2 Å². The van der Waals surface area contributed by atoms with E-state index >= 15 is 0 Å². The summed E-state index contributed by atoms with van der Waals surface area (Å²) in [5.41, 5.74) is 5.68. The molecule has 0 spiro atoms. The zero-order valence-electron chi connectivity index (χ0n) is 8.04. The first-order valence-corrected chi connectivity index (χ1v) is 5.68. The van der Waals surface area contributed by atoms with Gasteiger partial charge < -0.3 is 10.6 Å². The van der Waals surface area contributed by atoms with Gasteiger partial charge in [0.15, 0.2) is 0 Å². The van der Waals surface area contributed by atoms with Crippen molar-refractivity contribution >= 4 is 17.2 Å². The standard InChI is InChI=1S/C10H18N2S/c11-10(13)9-2-1-5-12(7-9)6-8-3-4-8/h8-9H,1-7H2,(H2,11,13). The Bertz CT molecular complexity index is 201. The molecule has 74 valence electrons. The smallest absolute Gasteiger partial charge is 0.0771 e. The van der Waals surface area contributed by atoms with Crippen LogP contribution in [0.4, 0.5) is 0 Å². The van der Waals surface area contributed by atoms with Gasteiger partial charge in [-0.15, -0.1) is 0 Å². The molecule has 0 aromatic carbocycles. The summed E-state index contributed by atoms with van der Waals surface area (Å²) in [5.74, 6) is 1.48. The largest absolute Gasteiger partial charge is 0.393 e. The Balaban J connectivity index is 1.80. The van der Waals surface area contributed by atoms with Crippen molar-refractivity contribution in [2.45, 2.75) is 25.7 Å². The van der Waals surface area contributed by atoms with E-state index < -0.39 is 0 Å². The van der Waals surface area contributed by atoms with Gasteiger partial charge >= 0.3 is 0 Å². The van der Waals surface area contributed by atoms with Gasteiger partial charge in [0, 0.05) is 19.0 Å². The van der Waals surface area contributed by atoms with Crippen LogP contribution in [-0.4, -0.2) is 29.5 Å². The normalized spacial score (nSPS) is 30.3. The van der Waals surface area contributed by atoms with Gasteiger partial charge in [-0.05, 0) is 38.1 Å². The fraction of sp³-hybridized carbons (Fsp3) is 0.900. The molecule has 2 fully saturated rings. The van der Waals surface area contributed by atoms with E-state index in [1.54, 1.807) is 0 Å². The highest BCUT2D eigenvalue weighted by Gasteiger charge is 2.28. The van der Waals surface area contributed by atoms with Gasteiger partial charge in [-0.1, -0.05) is 12.2 Å². The third-order valence-corrected chi connectivity index (χ3v) is 3.45. The lowest BCUT2D eigenvalue weighted by atomic mass is 9.98. The van der Waals surface area contributed by atoms with E-state index in [0.29, 0.717) is 5.92 Å².